The van der Waals surface area contributed by atoms with Crippen molar-refractivity contribution < 1.29 is 27.8 Å². The zero-order chi connectivity index (χ0) is 59.1. The van der Waals surface area contributed by atoms with Gasteiger partial charge < -0.3 is 0 Å². The number of allylic oxidation sites excluding steroid dienone is 6. The first-order valence-corrected chi connectivity index (χ1v) is 28.9. The first-order valence-electron chi connectivity index (χ1n) is 28.9. The van der Waals surface area contributed by atoms with Gasteiger partial charge in [0.25, 0.3) is 0 Å². The molecular formula is C72H104F6. The molecule has 0 heterocycles. The lowest BCUT2D eigenvalue weighted by Crippen LogP contribution is -2.08. The summed E-state index contributed by atoms with van der Waals surface area (Å²) in [5.74, 6) is 2.95. The molecular weight excluding hydrogens is 979 g/mol. The van der Waals surface area contributed by atoms with Crippen molar-refractivity contribution in [2.75, 3.05) is 0 Å². The Labute approximate surface area is 473 Å². The third kappa shape index (κ3) is 32.1. The van der Waals surface area contributed by atoms with E-state index in [1.165, 1.54) is 133 Å². The summed E-state index contributed by atoms with van der Waals surface area (Å²) in [4.78, 5) is 0. The van der Waals surface area contributed by atoms with Crippen molar-refractivity contribution in [2.24, 2.45) is 35.5 Å². The number of benzene rings is 5. The molecule has 0 N–H and O–H groups in total. The Hall–Kier alpha value is -5.10. The van der Waals surface area contributed by atoms with E-state index in [0.717, 1.165) is 46.6 Å². The molecule has 1 saturated carbocycles. The van der Waals surface area contributed by atoms with Gasteiger partial charge in [-0.25, -0.2) is 26.3 Å². The maximum atomic E-state index is 12.6. The Morgan fingerprint density at radius 1 is 0.321 bits per heavy atom. The highest BCUT2D eigenvalue weighted by Crippen LogP contribution is 2.27. The summed E-state index contributed by atoms with van der Waals surface area (Å²) >= 11 is 0. The molecule has 0 amide bonds. The molecule has 6 heteroatoms. The summed E-state index contributed by atoms with van der Waals surface area (Å²) in [6, 6.07) is 24.7. The Bertz CT molecular complexity index is 2390. The highest BCUT2D eigenvalue weighted by atomic mass is 19.2. The van der Waals surface area contributed by atoms with Crippen LogP contribution < -0.4 is 0 Å². The zero-order valence-corrected chi connectivity index (χ0v) is 51.6. The molecule has 1 fully saturated rings. The second kappa shape index (κ2) is 38.5. The van der Waals surface area contributed by atoms with Gasteiger partial charge in [-0.3, -0.25) is 0 Å². The second-order valence-electron chi connectivity index (χ2n) is 23.5. The number of rotatable bonds is 0. The number of hydrogen-bond acceptors (Lipinski definition) is 0. The molecule has 434 valence electrons. The lowest BCUT2D eigenvalue weighted by molar-refractivity contribution is 0.308. The van der Waals surface area contributed by atoms with Crippen molar-refractivity contribution in [1.29, 1.82) is 0 Å². The van der Waals surface area contributed by atoms with Gasteiger partial charge >= 0.3 is 0 Å². The number of hydrogen-bond donors (Lipinski definition) is 0. The molecule has 5 aromatic rings. The molecule has 4 aliphatic carbocycles. The van der Waals surface area contributed by atoms with Gasteiger partial charge in [-0.15, -0.1) is 0 Å². The third-order valence-electron chi connectivity index (χ3n) is 14.7. The molecule has 9 rings (SSSR count). The van der Waals surface area contributed by atoms with E-state index in [9.17, 15) is 26.3 Å². The quantitative estimate of drug-likeness (QED) is 0.107. The van der Waals surface area contributed by atoms with E-state index in [1.54, 1.807) is 56.2 Å². The molecule has 78 heavy (non-hydrogen) atoms. The molecule has 0 aromatic heterocycles. The highest BCUT2D eigenvalue weighted by Gasteiger charge is 2.13. The lowest BCUT2D eigenvalue weighted by atomic mass is 9.84. The first-order chi connectivity index (χ1) is 36.6. The van der Waals surface area contributed by atoms with Gasteiger partial charge in [-0.05, 0) is 233 Å². The van der Waals surface area contributed by atoms with Gasteiger partial charge in [0.1, 0.15) is 23.3 Å². The highest BCUT2D eigenvalue weighted by molar-refractivity contribution is 5.26. The number of aryl methyl sites for hydroxylation is 9. The van der Waals surface area contributed by atoms with E-state index >= 15 is 0 Å². The minimum Gasteiger partial charge on any atom is -0.207 e. The largest absolute Gasteiger partial charge is 0.207 e. The Morgan fingerprint density at radius 3 is 0.872 bits per heavy atom. The summed E-state index contributed by atoms with van der Waals surface area (Å²) in [7, 11) is 0. The molecule has 0 radical (unpaired) electrons. The van der Waals surface area contributed by atoms with Crippen LogP contribution in [0.25, 0.3) is 0 Å². The molecule has 4 unspecified atom stereocenters. The maximum absolute atomic E-state index is 12.6. The van der Waals surface area contributed by atoms with E-state index < -0.39 is 23.3 Å². The van der Waals surface area contributed by atoms with Crippen LogP contribution in [0.5, 0.6) is 0 Å². The van der Waals surface area contributed by atoms with Crippen LogP contribution in [0, 0.1) is 140 Å². The predicted octanol–water partition coefficient (Wildman–Crippen LogP) is 23.5. The summed E-state index contributed by atoms with van der Waals surface area (Å²) in [6.07, 6.45) is 26.2. The SMILES string of the molecule is CC1=CCC(C)CC1.CC1=CCC(C)CC1.CC1C=CC(C)CC1.CC1CCC(C)CC1.Cc1cc(F)c(C)c(F)c1.Cc1ccc(C)c(F)c1.Cc1ccc(C)c(F)c1.Cc1ccc(C)c(F)c1F.Cc1ccc(C)cc1.[HH]. The predicted molar refractivity (Wildman–Crippen MR) is 328 cm³/mol. The fourth-order valence-corrected chi connectivity index (χ4v) is 8.26. The van der Waals surface area contributed by atoms with Gasteiger partial charge in [0.15, 0.2) is 11.6 Å². The average molecular weight is 1080 g/mol. The molecule has 5 aromatic carbocycles. The van der Waals surface area contributed by atoms with Crippen LogP contribution >= 0.6 is 0 Å². The van der Waals surface area contributed by atoms with E-state index in [1.807, 2.05) is 26.0 Å². The Kier molecular flexibility index (Phi) is 35.0. The van der Waals surface area contributed by atoms with Crippen LogP contribution in [0.15, 0.2) is 120 Å². The van der Waals surface area contributed by atoms with Gasteiger partial charge in [-0.1, -0.05) is 174 Å². The van der Waals surface area contributed by atoms with Crippen molar-refractivity contribution in [3.8, 4) is 0 Å². The van der Waals surface area contributed by atoms with Crippen molar-refractivity contribution in [2.45, 2.75) is 202 Å². The molecule has 0 nitrogen and oxygen atoms in total. The smallest absolute Gasteiger partial charge is 0.161 e. The summed E-state index contributed by atoms with van der Waals surface area (Å²) in [5, 5.41) is 0. The van der Waals surface area contributed by atoms with Crippen molar-refractivity contribution in [3.05, 3.63) is 211 Å². The second-order valence-corrected chi connectivity index (χ2v) is 23.5. The van der Waals surface area contributed by atoms with Crippen LogP contribution in [0.4, 0.5) is 26.3 Å². The van der Waals surface area contributed by atoms with Gasteiger partial charge in [0, 0.05) is 6.99 Å². The topological polar surface area (TPSA) is 0 Å². The van der Waals surface area contributed by atoms with Crippen LogP contribution in [-0.4, -0.2) is 0 Å². The van der Waals surface area contributed by atoms with Gasteiger partial charge in [-0.2, -0.15) is 0 Å². The summed E-state index contributed by atoms with van der Waals surface area (Å²) < 4.78 is 75.6. The minimum absolute atomic E-state index is 0. The molecule has 0 bridgehead atoms. The van der Waals surface area contributed by atoms with Crippen molar-refractivity contribution in [1.82, 2.24) is 0 Å². The van der Waals surface area contributed by atoms with Gasteiger partial charge in [0.2, 0.25) is 0 Å². The lowest BCUT2D eigenvalue weighted by Gasteiger charge is -2.22. The molecule has 4 atom stereocenters. The van der Waals surface area contributed by atoms with Crippen LogP contribution in [0.3, 0.4) is 0 Å². The molecule has 0 saturated heterocycles. The molecule has 4 aliphatic rings. The van der Waals surface area contributed by atoms with E-state index in [-0.39, 0.29) is 18.6 Å². The molecule has 0 aliphatic heterocycles. The van der Waals surface area contributed by atoms with Gasteiger partial charge in [0.05, 0.1) is 0 Å². The fourth-order valence-electron chi connectivity index (χ4n) is 8.26. The monoisotopic (exact) mass is 1080 g/mol. The Balaban J connectivity index is 0.000000866. The summed E-state index contributed by atoms with van der Waals surface area (Å²) in [5.41, 5.74) is 10.6. The Morgan fingerprint density at radius 2 is 0.615 bits per heavy atom. The van der Waals surface area contributed by atoms with Crippen LogP contribution in [0.2, 0.25) is 0 Å². The van der Waals surface area contributed by atoms with E-state index in [0.29, 0.717) is 27.8 Å². The van der Waals surface area contributed by atoms with Crippen LogP contribution in [0.1, 0.15) is 190 Å². The zero-order valence-electron chi connectivity index (χ0n) is 51.6. The molecule has 0 spiro atoms. The average Bonchev–Trinajstić information content (AvgIpc) is 3.40. The standard InChI is InChI=1S/2C8H8F2.2C8H9F.C8H16.3C8H14.C8H10.H2/c1-5-3-7(9)6(2)8(10)4-5;1-5-3-4-6(2)8(10)7(5)9;2*1-6-3-4-7(2)8(9)5-6;5*1-7-3-5-8(2)6-4-7;/h2*3-4H,1-2H3;2*3-5H,1-2H3;7-8H,3-6H2,1-2H3;2*3,8H,4-6H2,1-2H3;3,5,7-8H,4,6H2,1-2H3;3-6H,1-2H3;1H. The fraction of sp³-hybridized carbons (Fsp3) is 0.500. The number of halogens is 6. The third-order valence-corrected chi connectivity index (χ3v) is 14.7. The van der Waals surface area contributed by atoms with Crippen LogP contribution in [-0.2, 0) is 0 Å². The summed E-state index contributed by atoms with van der Waals surface area (Å²) in [6.45, 7) is 36.0. The van der Waals surface area contributed by atoms with E-state index in [4.69, 9.17) is 0 Å². The minimum atomic E-state index is -0.736. The van der Waals surface area contributed by atoms with Crippen molar-refractivity contribution in [3.63, 3.8) is 0 Å². The van der Waals surface area contributed by atoms with Crippen molar-refractivity contribution >= 4 is 0 Å². The normalized spacial score (nSPS) is 19.8. The maximum Gasteiger partial charge on any atom is 0.161 e. The van der Waals surface area contributed by atoms with E-state index in [2.05, 4.69) is 118 Å². The first kappa shape index (κ1) is 70.9.